The normalized spacial score (nSPS) is 13.2. The molecule has 0 aromatic carbocycles. The van der Waals surface area contributed by atoms with Crippen LogP contribution in [0.25, 0.3) is 0 Å². The van der Waals surface area contributed by atoms with Gasteiger partial charge in [0, 0.05) is 12.0 Å². The van der Waals surface area contributed by atoms with Gasteiger partial charge in [-0.25, -0.2) is 4.79 Å². The SMILES string of the molecule is CCCC(O)(O)/C=C(\C)C(=O)O. The highest BCUT2D eigenvalue weighted by molar-refractivity contribution is 5.85. The summed E-state index contributed by atoms with van der Waals surface area (Å²) < 4.78 is 0. The average molecular weight is 174 g/mol. The van der Waals surface area contributed by atoms with Gasteiger partial charge < -0.3 is 15.3 Å². The fourth-order valence-electron chi connectivity index (χ4n) is 0.849. The van der Waals surface area contributed by atoms with Crippen molar-refractivity contribution in [3.05, 3.63) is 11.6 Å². The van der Waals surface area contributed by atoms with E-state index in [1.54, 1.807) is 6.92 Å². The maximum atomic E-state index is 10.3. The zero-order chi connectivity index (χ0) is 9.78. The summed E-state index contributed by atoms with van der Waals surface area (Å²) in [6.45, 7) is 3.10. The van der Waals surface area contributed by atoms with Crippen molar-refractivity contribution in [1.82, 2.24) is 0 Å². The second-order valence-corrected chi connectivity index (χ2v) is 2.76. The van der Waals surface area contributed by atoms with E-state index in [0.29, 0.717) is 6.42 Å². The van der Waals surface area contributed by atoms with Crippen LogP contribution in [0, 0.1) is 0 Å². The van der Waals surface area contributed by atoms with E-state index in [0.717, 1.165) is 6.08 Å². The first-order valence-electron chi connectivity index (χ1n) is 3.76. The lowest BCUT2D eigenvalue weighted by molar-refractivity contribution is -0.136. The molecule has 0 heterocycles. The first-order chi connectivity index (χ1) is 5.39. The molecule has 0 fully saturated rings. The number of aliphatic hydroxyl groups is 2. The molecule has 0 rings (SSSR count). The number of hydrogen-bond donors (Lipinski definition) is 3. The molecular weight excluding hydrogens is 160 g/mol. The highest BCUT2D eigenvalue weighted by Crippen LogP contribution is 2.12. The van der Waals surface area contributed by atoms with Crippen molar-refractivity contribution in [1.29, 1.82) is 0 Å². The van der Waals surface area contributed by atoms with Crippen LogP contribution in [0.4, 0.5) is 0 Å². The Balaban J connectivity index is 4.38. The maximum Gasteiger partial charge on any atom is 0.331 e. The second-order valence-electron chi connectivity index (χ2n) is 2.76. The van der Waals surface area contributed by atoms with Gasteiger partial charge in [0.2, 0.25) is 0 Å². The molecule has 0 spiro atoms. The van der Waals surface area contributed by atoms with E-state index in [4.69, 9.17) is 15.3 Å². The Bertz CT molecular complexity index is 193. The number of carbonyl (C=O) groups is 1. The Hall–Kier alpha value is -0.870. The molecule has 3 N–H and O–H groups in total. The fraction of sp³-hybridized carbons (Fsp3) is 0.625. The van der Waals surface area contributed by atoms with Gasteiger partial charge in [0.05, 0.1) is 0 Å². The summed E-state index contributed by atoms with van der Waals surface area (Å²) in [5.41, 5.74) is -0.0616. The monoisotopic (exact) mass is 174 g/mol. The molecule has 0 aromatic heterocycles. The standard InChI is InChI=1S/C8H14O4/c1-3-4-8(11,12)5-6(2)7(9)10/h5,11-12H,3-4H2,1-2H3,(H,9,10)/b6-5+. The van der Waals surface area contributed by atoms with Crippen LogP contribution < -0.4 is 0 Å². The number of carboxylic acid groups (broad SMARTS) is 1. The molecule has 0 aliphatic heterocycles. The van der Waals surface area contributed by atoms with E-state index >= 15 is 0 Å². The molecule has 4 nitrogen and oxygen atoms in total. The minimum absolute atomic E-state index is 0.0616. The van der Waals surface area contributed by atoms with Gasteiger partial charge in [0.15, 0.2) is 5.79 Å². The Morgan fingerprint density at radius 2 is 2.00 bits per heavy atom. The lowest BCUT2D eigenvalue weighted by Gasteiger charge is -2.16. The first-order valence-corrected chi connectivity index (χ1v) is 3.76. The third-order valence-corrected chi connectivity index (χ3v) is 1.40. The van der Waals surface area contributed by atoms with Crippen molar-refractivity contribution >= 4 is 5.97 Å². The van der Waals surface area contributed by atoms with E-state index in [1.807, 2.05) is 0 Å². The van der Waals surface area contributed by atoms with Crippen LogP contribution in [0.15, 0.2) is 11.6 Å². The molecule has 12 heavy (non-hydrogen) atoms. The van der Waals surface area contributed by atoms with Crippen molar-refractivity contribution in [3.63, 3.8) is 0 Å². The van der Waals surface area contributed by atoms with Crippen LogP contribution >= 0.6 is 0 Å². The van der Waals surface area contributed by atoms with E-state index in [9.17, 15) is 4.79 Å². The van der Waals surface area contributed by atoms with Crippen LogP contribution in [-0.4, -0.2) is 27.1 Å². The molecule has 0 saturated carbocycles. The molecule has 0 aromatic rings. The Morgan fingerprint density at radius 3 is 2.33 bits per heavy atom. The van der Waals surface area contributed by atoms with Crippen LogP contribution in [0.1, 0.15) is 26.7 Å². The van der Waals surface area contributed by atoms with Gasteiger partial charge in [-0.2, -0.15) is 0 Å². The van der Waals surface area contributed by atoms with Gasteiger partial charge in [0.25, 0.3) is 0 Å². The first kappa shape index (κ1) is 11.1. The third-order valence-electron chi connectivity index (χ3n) is 1.40. The molecule has 0 aliphatic carbocycles. The lowest BCUT2D eigenvalue weighted by Crippen LogP contribution is -2.25. The molecular formula is C8H14O4. The molecule has 0 amide bonds. The van der Waals surface area contributed by atoms with E-state index in [2.05, 4.69) is 0 Å². The van der Waals surface area contributed by atoms with Gasteiger partial charge in [-0.3, -0.25) is 0 Å². The quantitative estimate of drug-likeness (QED) is 0.428. The van der Waals surface area contributed by atoms with Crippen molar-refractivity contribution in [2.75, 3.05) is 0 Å². The molecule has 70 valence electrons. The largest absolute Gasteiger partial charge is 0.478 e. The second kappa shape index (κ2) is 4.23. The Labute approximate surface area is 71.1 Å². The molecule has 0 atom stereocenters. The zero-order valence-corrected chi connectivity index (χ0v) is 7.24. The number of carboxylic acids is 1. The zero-order valence-electron chi connectivity index (χ0n) is 7.24. The molecule has 0 radical (unpaired) electrons. The van der Waals surface area contributed by atoms with Crippen LogP contribution in [-0.2, 0) is 4.79 Å². The van der Waals surface area contributed by atoms with Crippen LogP contribution in [0.3, 0.4) is 0 Å². The fourth-order valence-corrected chi connectivity index (χ4v) is 0.849. The molecule has 0 saturated heterocycles. The predicted molar refractivity (Wildman–Crippen MR) is 43.5 cm³/mol. The minimum Gasteiger partial charge on any atom is -0.478 e. The summed E-state index contributed by atoms with van der Waals surface area (Å²) >= 11 is 0. The highest BCUT2D eigenvalue weighted by Gasteiger charge is 2.19. The average Bonchev–Trinajstić information content (AvgIpc) is 1.85. The molecule has 0 bridgehead atoms. The van der Waals surface area contributed by atoms with Crippen molar-refractivity contribution in [2.45, 2.75) is 32.5 Å². The van der Waals surface area contributed by atoms with Crippen LogP contribution in [0.2, 0.25) is 0 Å². The molecule has 4 heteroatoms. The van der Waals surface area contributed by atoms with Gasteiger partial charge >= 0.3 is 5.97 Å². The molecule has 0 aliphatic rings. The lowest BCUT2D eigenvalue weighted by atomic mass is 10.1. The van der Waals surface area contributed by atoms with E-state index in [-0.39, 0.29) is 12.0 Å². The predicted octanol–water partition coefficient (Wildman–Crippen LogP) is 0.498. The summed E-state index contributed by atoms with van der Waals surface area (Å²) in [6.07, 6.45) is 1.66. The third kappa shape index (κ3) is 4.10. The number of rotatable bonds is 4. The van der Waals surface area contributed by atoms with Gasteiger partial charge in [0.1, 0.15) is 0 Å². The van der Waals surface area contributed by atoms with Gasteiger partial charge in [-0.05, 0) is 13.0 Å². The van der Waals surface area contributed by atoms with Gasteiger partial charge in [-0.1, -0.05) is 13.3 Å². The van der Waals surface area contributed by atoms with Crippen molar-refractivity contribution in [3.8, 4) is 0 Å². The smallest absolute Gasteiger partial charge is 0.331 e. The number of hydrogen-bond acceptors (Lipinski definition) is 3. The summed E-state index contributed by atoms with van der Waals surface area (Å²) in [5.74, 6) is -3.13. The van der Waals surface area contributed by atoms with Gasteiger partial charge in [-0.15, -0.1) is 0 Å². The van der Waals surface area contributed by atoms with Crippen molar-refractivity contribution < 1.29 is 20.1 Å². The summed E-state index contributed by atoms with van der Waals surface area (Å²) in [5, 5.41) is 26.7. The maximum absolute atomic E-state index is 10.3. The van der Waals surface area contributed by atoms with E-state index < -0.39 is 11.8 Å². The summed E-state index contributed by atoms with van der Waals surface area (Å²) in [7, 11) is 0. The van der Waals surface area contributed by atoms with Crippen LogP contribution in [0.5, 0.6) is 0 Å². The minimum atomic E-state index is -1.99. The Kier molecular flexibility index (Phi) is 3.92. The highest BCUT2D eigenvalue weighted by atomic mass is 16.5. The summed E-state index contributed by atoms with van der Waals surface area (Å²) in [4.78, 5) is 10.3. The summed E-state index contributed by atoms with van der Waals surface area (Å²) in [6, 6.07) is 0. The Morgan fingerprint density at radius 1 is 1.50 bits per heavy atom. The van der Waals surface area contributed by atoms with E-state index in [1.165, 1.54) is 6.92 Å². The molecule has 0 unspecified atom stereocenters. The topological polar surface area (TPSA) is 77.8 Å². The van der Waals surface area contributed by atoms with Crippen molar-refractivity contribution in [2.24, 2.45) is 0 Å². The number of aliphatic carboxylic acids is 1.